The molecule has 0 amide bonds. The Labute approximate surface area is 74.2 Å². The molecule has 1 aromatic carbocycles. The van der Waals surface area contributed by atoms with Gasteiger partial charge in [-0.3, -0.25) is 0 Å². The molecule has 1 aromatic rings. The van der Waals surface area contributed by atoms with E-state index in [1.165, 1.54) is 0 Å². The third-order valence-electron chi connectivity index (χ3n) is 1.49. The van der Waals surface area contributed by atoms with Crippen molar-refractivity contribution in [3.8, 4) is 0 Å². The summed E-state index contributed by atoms with van der Waals surface area (Å²) in [4.78, 5) is 0. The van der Waals surface area contributed by atoms with Gasteiger partial charge in [-0.2, -0.15) is 0 Å². The highest BCUT2D eigenvalue weighted by molar-refractivity contribution is 5.13. The molecule has 0 aromatic heterocycles. The Bertz CT molecular complexity index is 238. The lowest BCUT2D eigenvalue weighted by Gasteiger charge is -2.09. The average molecular weight is 167 g/mol. The predicted octanol–water partition coefficient (Wildman–Crippen LogP) is 1.58. The number of aliphatic hydroxyl groups is 1. The summed E-state index contributed by atoms with van der Waals surface area (Å²) in [5.74, 6) is 0. The molecular weight excluding hydrogens is 152 g/mol. The Morgan fingerprint density at radius 3 is 2.75 bits per heavy atom. The van der Waals surface area contributed by atoms with Gasteiger partial charge < -0.3 is 9.84 Å². The predicted molar refractivity (Wildman–Crippen MR) is 47.8 cm³/mol. The summed E-state index contributed by atoms with van der Waals surface area (Å²) in [5.41, 5.74) is 0.808. The number of hydrogen-bond acceptors (Lipinski definition) is 2. The van der Waals surface area contributed by atoms with E-state index in [9.17, 15) is 0 Å². The maximum atomic E-state index is 8.72. The van der Waals surface area contributed by atoms with Crippen molar-refractivity contribution in [3.05, 3.63) is 35.9 Å². The van der Waals surface area contributed by atoms with Crippen LogP contribution in [-0.4, -0.2) is 17.8 Å². The molecule has 0 saturated carbocycles. The topological polar surface area (TPSA) is 29.5 Å². The molecule has 0 spiro atoms. The first-order chi connectivity index (χ1) is 6.24. The Hall–Kier alpha value is -0.860. The molecule has 1 N–H and O–H groups in total. The highest BCUT2D eigenvalue weighted by atomic mass is 16.5. The van der Waals surface area contributed by atoms with E-state index < -0.39 is 6.58 Å². The van der Waals surface area contributed by atoms with E-state index in [0.717, 1.165) is 5.56 Å². The third kappa shape index (κ3) is 3.03. The maximum absolute atomic E-state index is 8.72. The normalized spacial score (nSPS) is 16.7. The highest BCUT2D eigenvalue weighted by Gasteiger charge is 1.98. The summed E-state index contributed by atoms with van der Waals surface area (Å²) in [6, 6.07) is 9.29. The molecule has 66 valence electrons. The molecule has 1 rings (SSSR count). The van der Waals surface area contributed by atoms with E-state index >= 15 is 0 Å². The fraction of sp³-hybridized carbons (Fsp3) is 0.400. The van der Waals surface area contributed by atoms with Gasteiger partial charge in [-0.15, -0.1) is 0 Å². The van der Waals surface area contributed by atoms with Gasteiger partial charge in [-0.25, -0.2) is 0 Å². The number of hydrogen-bond donors (Lipinski definition) is 1. The molecule has 2 nitrogen and oxygen atoms in total. The van der Waals surface area contributed by atoms with Gasteiger partial charge in [0.2, 0.25) is 0 Å². The van der Waals surface area contributed by atoms with E-state index in [-0.39, 0.29) is 12.7 Å². The first-order valence-electron chi connectivity index (χ1n) is 4.55. The first-order valence-corrected chi connectivity index (χ1v) is 3.97. The number of benzene rings is 1. The van der Waals surface area contributed by atoms with Crippen molar-refractivity contribution in [2.75, 3.05) is 6.61 Å². The zero-order chi connectivity index (χ0) is 9.68. The van der Waals surface area contributed by atoms with Crippen LogP contribution in [0.3, 0.4) is 0 Å². The minimum Gasteiger partial charge on any atom is -0.394 e. The van der Waals surface area contributed by atoms with Gasteiger partial charge in [-0.05, 0) is 12.5 Å². The number of aliphatic hydroxyl groups excluding tert-OH is 1. The summed E-state index contributed by atoms with van der Waals surface area (Å²) < 4.78 is 12.8. The molecular formula is C10H14O2. The van der Waals surface area contributed by atoms with Crippen LogP contribution in [0.4, 0.5) is 0 Å². The van der Waals surface area contributed by atoms with Crippen molar-refractivity contribution < 1.29 is 11.2 Å². The van der Waals surface area contributed by atoms with Crippen molar-refractivity contribution >= 4 is 0 Å². The van der Waals surface area contributed by atoms with Crippen molar-refractivity contribution in [2.45, 2.75) is 19.6 Å². The molecule has 12 heavy (non-hydrogen) atoms. The Kier molecular flexibility index (Phi) is 3.18. The van der Waals surface area contributed by atoms with Crippen molar-refractivity contribution in [2.24, 2.45) is 0 Å². The summed E-state index contributed by atoms with van der Waals surface area (Å²) in [6.07, 6.45) is -0.289. The van der Waals surface area contributed by atoms with Gasteiger partial charge in [-0.1, -0.05) is 30.3 Å². The Balaban J connectivity index is 2.53. The highest BCUT2D eigenvalue weighted by Crippen LogP contribution is 2.02. The van der Waals surface area contributed by atoms with E-state index in [1.807, 2.05) is 30.3 Å². The number of ether oxygens (including phenoxy) is 1. The molecule has 0 heterocycles. The molecule has 2 atom stereocenters. The molecule has 0 fully saturated rings. The van der Waals surface area contributed by atoms with Crippen molar-refractivity contribution in [1.29, 1.82) is 0 Å². The van der Waals surface area contributed by atoms with Crippen LogP contribution in [0.5, 0.6) is 0 Å². The van der Waals surface area contributed by atoms with Crippen molar-refractivity contribution in [1.82, 2.24) is 0 Å². The largest absolute Gasteiger partial charge is 0.394 e. The zero-order valence-electron chi connectivity index (χ0n) is 8.10. The minimum absolute atomic E-state index is 0.0534. The molecule has 2 heteroatoms. The van der Waals surface area contributed by atoms with E-state index in [1.54, 1.807) is 6.92 Å². The third-order valence-corrected chi connectivity index (χ3v) is 1.49. The summed E-state index contributed by atoms with van der Waals surface area (Å²) in [7, 11) is 0. The summed E-state index contributed by atoms with van der Waals surface area (Å²) in [6.45, 7) is 0.982. The fourth-order valence-electron chi connectivity index (χ4n) is 0.769. The van der Waals surface area contributed by atoms with E-state index in [2.05, 4.69) is 0 Å². The minimum atomic E-state index is -0.705. The van der Waals surface area contributed by atoms with Gasteiger partial charge in [0.05, 0.1) is 20.7 Å². The molecule has 0 aliphatic carbocycles. The monoisotopic (exact) mass is 167 g/mol. The van der Waals surface area contributed by atoms with E-state index in [4.69, 9.17) is 11.2 Å². The second kappa shape index (κ2) is 4.91. The lowest BCUT2D eigenvalue weighted by Crippen LogP contribution is -2.12. The van der Waals surface area contributed by atoms with Crippen LogP contribution in [-0.2, 0) is 11.3 Å². The molecule has 1 unspecified atom stereocenters. The maximum Gasteiger partial charge on any atom is 0.0782 e. The van der Waals surface area contributed by atoms with Crippen LogP contribution in [0.25, 0.3) is 0 Å². The quantitative estimate of drug-likeness (QED) is 0.737. The summed E-state index contributed by atoms with van der Waals surface area (Å²) >= 11 is 0. The molecule has 0 radical (unpaired) electrons. The lowest BCUT2D eigenvalue weighted by atomic mass is 10.2. The average Bonchev–Trinajstić information content (AvgIpc) is 2.19. The van der Waals surface area contributed by atoms with Crippen LogP contribution in [0, 0.1) is 0 Å². The summed E-state index contributed by atoms with van der Waals surface area (Å²) in [5, 5.41) is 8.72. The first kappa shape index (κ1) is 7.77. The molecule has 0 aliphatic heterocycles. The van der Waals surface area contributed by atoms with Crippen LogP contribution < -0.4 is 0 Å². The molecule has 0 aliphatic rings. The van der Waals surface area contributed by atoms with E-state index in [0.29, 0.717) is 0 Å². The molecule has 0 saturated heterocycles. The fourth-order valence-corrected chi connectivity index (χ4v) is 0.769. The van der Waals surface area contributed by atoms with Crippen molar-refractivity contribution in [3.63, 3.8) is 0 Å². The van der Waals surface area contributed by atoms with Crippen LogP contribution in [0.1, 0.15) is 13.9 Å². The van der Waals surface area contributed by atoms with Crippen LogP contribution >= 0.6 is 0 Å². The second-order valence-corrected chi connectivity index (χ2v) is 2.66. The van der Waals surface area contributed by atoms with Gasteiger partial charge in [0.25, 0.3) is 0 Å². The zero-order valence-corrected chi connectivity index (χ0v) is 7.10. The van der Waals surface area contributed by atoms with Gasteiger partial charge in [0, 0.05) is 0 Å². The van der Waals surface area contributed by atoms with Gasteiger partial charge in [0.15, 0.2) is 0 Å². The smallest absolute Gasteiger partial charge is 0.0782 e. The van der Waals surface area contributed by atoms with Gasteiger partial charge in [0.1, 0.15) is 0 Å². The van der Waals surface area contributed by atoms with Crippen LogP contribution in [0.15, 0.2) is 30.3 Å². The second-order valence-electron chi connectivity index (χ2n) is 2.66. The molecule has 0 bridgehead atoms. The SMILES string of the molecule is [2H]C(O[C@@H](C)CO)c1ccccc1. The Morgan fingerprint density at radius 1 is 1.50 bits per heavy atom. The van der Waals surface area contributed by atoms with Gasteiger partial charge >= 0.3 is 0 Å². The Morgan fingerprint density at radius 2 is 2.17 bits per heavy atom. The van der Waals surface area contributed by atoms with Crippen LogP contribution in [0.2, 0.25) is 0 Å². The number of rotatable bonds is 4. The lowest BCUT2D eigenvalue weighted by molar-refractivity contribution is 0.0145. The standard InChI is InChI=1S/C10H14O2/c1-9(7-11)12-8-10-5-3-2-4-6-10/h2-6,9,11H,7-8H2,1H3/t9-/m0/s1/i8D/t8?,9-.